The summed E-state index contributed by atoms with van der Waals surface area (Å²) in [5, 5.41) is 17.3. The predicted molar refractivity (Wildman–Crippen MR) is 73.6 cm³/mol. The highest BCUT2D eigenvalue weighted by Crippen LogP contribution is 2.14. The minimum atomic E-state index is -0.763. The van der Waals surface area contributed by atoms with Crippen molar-refractivity contribution in [3.8, 4) is 0 Å². The molecule has 20 heavy (non-hydrogen) atoms. The van der Waals surface area contributed by atoms with Crippen molar-refractivity contribution in [1.29, 1.82) is 0 Å². The van der Waals surface area contributed by atoms with E-state index in [-0.39, 0.29) is 6.42 Å². The zero-order valence-electron chi connectivity index (χ0n) is 10.9. The fraction of sp³-hybridized carbons (Fsp3) is 0.385. The van der Waals surface area contributed by atoms with E-state index in [2.05, 4.69) is 15.3 Å². The molecule has 0 spiro atoms. The Morgan fingerprint density at radius 1 is 1.40 bits per heavy atom. The molecule has 2 aromatic heterocycles. The summed E-state index contributed by atoms with van der Waals surface area (Å²) >= 11 is 6.03. The molecule has 0 aromatic carbocycles. The van der Waals surface area contributed by atoms with E-state index in [9.17, 15) is 4.79 Å². The number of carboxylic acid groups (broad SMARTS) is 1. The summed E-state index contributed by atoms with van der Waals surface area (Å²) in [5.41, 5.74) is 1.80. The topological polar surface area (TPSA) is 80.9 Å². The van der Waals surface area contributed by atoms with E-state index in [0.29, 0.717) is 18.0 Å². The van der Waals surface area contributed by atoms with Crippen LogP contribution in [-0.4, -0.2) is 31.1 Å². The second kappa shape index (κ2) is 7.00. The van der Waals surface area contributed by atoms with Gasteiger partial charge in [0.25, 0.3) is 0 Å². The van der Waals surface area contributed by atoms with Crippen molar-refractivity contribution < 1.29 is 9.90 Å². The zero-order chi connectivity index (χ0) is 14.4. The summed E-state index contributed by atoms with van der Waals surface area (Å²) in [6.45, 7) is 0.545. The first-order chi connectivity index (χ1) is 9.65. The van der Waals surface area contributed by atoms with Crippen LogP contribution in [0.4, 0.5) is 0 Å². The maximum Gasteiger partial charge on any atom is 0.303 e. The molecule has 2 rings (SSSR count). The van der Waals surface area contributed by atoms with Crippen molar-refractivity contribution in [2.24, 2.45) is 0 Å². The third-order valence-corrected chi connectivity index (χ3v) is 3.19. The molecule has 0 saturated heterocycles. The maximum absolute atomic E-state index is 10.4. The molecular weight excluding hydrogens is 280 g/mol. The van der Waals surface area contributed by atoms with Crippen molar-refractivity contribution in [1.82, 2.24) is 20.0 Å². The lowest BCUT2D eigenvalue weighted by molar-refractivity contribution is -0.137. The van der Waals surface area contributed by atoms with Crippen LogP contribution in [0.25, 0.3) is 0 Å². The SMILES string of the molecule is O=C(O)CCCCc1cn(Cc2ccncc2Cl)nn1. The molecule has 106 valence electrons. The Hall–Kier alpha value is -1.95. The van der Waals surface area contributed by atoms with E-state index in [1.165, 1.54) is 0 Å². The highest BCUT2D eigenvalue weighted by atomic mass is 35.5. The van der Waals surface area contributed by atoms with Crippen LogP contribution >= 0.6 is 11.6 Å². The number of hydrogen-bond donors (Lipinski definition) is 1. The number of carbonyl (C=O) groups is 1. The fourth-order valence-electron chi connectivity index (χ4n) is 1.82. The summed E-state index contributed by atoms with van der Waals surface area (Å²) in [7, 11) is 0. The van der Waals surface area contributed by atoms with E-state index >= 15 is 0 Å². The molecule has 0 fully saturated rings. The van der Waals surface area contributed by atoms with Gasteiger partial charge in [0.2, 0.25) is 0 Å². The van der Waals surface area contributed by atoms with Crippen LogP contribution in [-0.2, 0) is 17.8 Å². The normalized spacial score (nSPS) is 10.7. The lowest BCUT2D eigenvalue weighted by Gasteiger charge is -2.02. The van der Waals surface area contributed by atoms with Crippen LogP contribution in [0.3, 0.4) is 0 Å². The molecule has 2 heterocycles. The molecule has 7 heteroatoms. The largest absolute Gasteiger partial charge is 0.481 e. The smallest absolute Gasteiger partial charge is 0.303 e. The van der Waals surface area contributed by atoms with E-state index in [1.54, 1.807) is 17.1 Å². The quantitative estimate of drug-likeness (QED) is 0.792. The van der Waals surface area contributed by atoms with Crippen molar-refractivity contribution >= 4 is 17.6 Å². The summed E-state index contributed by atoms with van der Waals surface area (Å²) < 4.78 is 1.72. The van der Waals surface area contributed by atoms with Gasteiger partial charge >= 0.3 is 5.97 Å². The van der Waals surface area contributed by atoms with E-state index in [0.717, 1.165) is 24.1 Å². The van der Waals surface area contributed by atoms with Crippen LogP contribution in [0, 0.1) is 0 Å². The first-order valence-corrected chi connectivity index (χ1v) is 6.72. The number of aromatic nitrogens is 4. The number of rotatable bonds is 7. The van der Waals surface area contributed by atoms with Gasteiger partial charge in [-0.05, 0) is 30.9 Å². The number of halogens is 1. The zero-order valence-corrected chi connectivity index (χ0v) is 11.6. The first-order valence-electron chi connectivity index (χ1n) is 6.34. The number of nitrogens with zero attached hydrogens (tertiary/aromatic N) is 4. The average Bonchev–Trinajstić information content (AvgIpc) is 2.85. The number of hydrogen-bond acceptors (Lipinski definition) is 4. The van der Waals surface area contributed by atoms with Crippen LogP contribution in [0.15, 0.2) is 24.7 Å². The number of aliphatic carboxylic acids is 1. The first kappa shape index (κ1) is 14.5. The number of aryl methyl sites for hydroxylation is 1. The van der Waals surface area contributed by atoms with Gasteiger partial charge in [-0.2, -0.15) is 0 Å². The van der Waals surface area contributed by atoms with Gasteiger partial charge in [0, 0.05) is 25.0 Å². The van der Waals surface area contributed by atoms with Gasteiger partial charge in [-0.1, -0.05) is 16.8 Å². The van der Waals surface area contributed by atoms with Crippen LogP contribution in [0.1, 0.15) is 30.5 Å². The lowest BCUT2D eigenvalue weighted by atomic mass is 10.1. The monoisotopic (exact) mass is 294 g/mol. The van der Waals surface area contributed by atoms with E-state index in [4.69, 9.17) is 16.7 Å². The van der Waals surface area contributed by atoms with Gasteiger partial charge in [0.1, 0.15) is 0 Å². The average molecular weight is 295 g/mol. The number of carboxylic acids is 1. The Morgan fingerprint density at radius 2 is 2.25 bits per heavy atom. The highest BCUT2D eigenvalue weighted by Gasteiger charge is 2.05. The molecule has 0 atom stereocenters. The number of unbranched alkanes of at least 4 members (excludes halogenated alkanes) is 1. The second-order valence-corrected chi connectivity index (χ2v) is 4.88. The predicted octanol–water partition coefficient (Wildman–Crippen LogP) is 2.17. The molecule has 0 radical (unpaired) electrons. The summed E-state index contributed by atoms with van der Waals surface area (Å²) in [6.07, 6.45) is 7.51. The van der Waals surface area contributed by atoms with Gasteiger partial charge in [-0.3, -0.25) is 9.78 Å². The Morgan fingerprint density at radius 3 is 3.00 bits per heavy atom. The van der Waals surface area contributed by atoms with E-state index in [1.807, 2.05) is 12.3 Å². The minimum Gasteiger partial charge on any atom is -0.481 e. The third kappa shape index (κ3) is 4.31. The maximum atomic E-state index is 10.4. The van der Waals surface area contributed by atoms with Crippen LogP contribution in [0.2, 0.25) is 5.02 Å². The Labute approximate surface area is 121 Å². The molecule has 0 bridgehead atoms. The minimum absolute atomic E-state index is 0.195. The molecule has 0 aliphatic rings. The van der Waals surface area contributed by atoms with Crippen molar-refractivity contribution in [3.63, 3.8) is 0 Å². The lowest BCUT2D eigenvalue weighted by Crippen LogP contribution is -2.01. The molecule has 0 unspecified atom stereocenters. The standard InChI is InChI=1S/C13H15ClN4O2/c14-12-7-15-6-5-10(12)8-18-9-11(16-17-18)3-1-2-4-13(19)20/h5-7,9H,1-4,8H2,(H,19,20). The molecule has 0 amide bonds. The van der Waals surface area contributed by atoms with Crippen LogP contribution < -0.4 is 0 Å². The summed E-state index contributed by atoms with van der Waals surface area (Å²) in [6, 6.07) is 1.84. The van der Waals surface area contributed by atoms with Gasteiger partial charge in [0.05, 0.1) is 17.3 Å². The summed E-state index contributed by atoms with van der Waals surface area (Å²) in [5.74, 6) is -0.763. The molecule has 6 nitrogen and oxygen atoms in total. The number of pyridine rings is 1. The van der Waals surface area contributed by atoms with Crippen molar-refractivity contribution in [3.05, 3.63) is 40.9 Å². The van der Waals surface area contributed by atoms with Crippen LogP contribution in [0.5, 0.6) is 0 Å². The molecule has 0 saturated carbocycles. The molecule has 0 aliphatic carbocycles. The van der Waals surface area contributed by atoms with Gasteiger partial charge in [-0.15, -0.1) is 5.10 Å². The molecule has 2 aromatic rings. The Bertz CT molecular complexity index is 585. The van der Waals surface area contributed by atoms with E-state index < -0.39 is 5.97 Å². The molecule has 0 aliphatic heterocycles. The van der Waals surface area contributed by atoms with Crippen molar-refractivity contribution in [2.75, 3.05) is 0 Å². The Kier molecular flexibility index (Phi) is 5.06. The molecule has 1 N–H and O–H groups in total. The third-order valence-electron chi connectivity index (χ3n) is 2.85. The molecular formula is C13H15ClN4O2. The second-order valence-electron chi connectivity index (χ2n) is 4.48. The van der Waals surface area contributed by atoms with Gasteiger partial charge in [0.15, 0.2) is 0 Å². The van der Waals surface area contributed by atoms with Gasteiger partial charge < -0.3 is 5.11 Å². The highest BCUT2D eigenvalue weighted by molar-refractivity contribution is 6.31. The van der Waals surface area contributed by atoms with Gasteiger partial charge in [-0.25, -0.2) is 4.68 Å². The van der Waals surface area contributed by atoms with Crippen molar-refractivity contribution in [2.45, 2.75) is 32.2 Å². The summed E-state index contributed by atoms with van der Waals surface area (Å²) in [4.78, 5) is 14.3. The Balaban J connectivity index is 1.86. The fourth-order valence-corrected chi connectivity index (χ4v) is 2.00.